The number of hydrogen-bond donors (Lipinski definition) is 0. The molecule has 0 radical (unpaired) electrons. The Bertz CT molecular complexity index is 778. The zero-order valence-electron chi connectivity index (χ0n) is 14.3. The highest BCUT2D eigenvalue weighted by Gasteiger charge is 2.28. The molecule has 6 heteroatoms. The topological polar surface area (TPSA) is 68.1 Å². The first kappa shape index (κ1) is 16.6. The van der Waals surface area contributed by atoms with Gasteiger partial charge in [-0.15, -0.1) is 5.10 Å². The summed E-state index contributed by atoms with van der Waals surface area (Å²) >= 11 is 0. The van der Waals surface area contributed by atoms with Crippen molar-refractivity contribution in [2.75, 3.05) is 0 Å². The van der Waals surface area contributed by atoms with Crippen molar-refractivity contribution in [3.63, 3.8) is 0 Å². The molecule has 3 rings (SSSR count). The van der Waals surface area contributed by atoms with Gasteiger partial charge in [0.05, 0.1) is 5.39 Å². The first-order valence-electron chi connectivity index (χ1n) is 8.71. The highest BCUT2D eigenvalue weighted by atomic mass is 16.2. The number of hydrogen-bond acceptors (Lipinski definition) is 4. The van der Waals surface area contributed by atoms with Gasteiger partial charge in [0.25, 0.3) is 5.56 Å². The second-order valence-corrected chi connectivity index (χ2v) is 6.76. The molecular formula is C18H24N4O2. The molecule has 1 heterocycles. The van der Waals surface area contributed by atoms with Crippen LogP contribution < -0.4 is 5.56 Å². The lowest BCUT2D eigenvalue weighted by Gasteiger charge is -2.37. The van der Waals surface area contributed by atoms with Crippen molar-refractivity contribution < 1.29 is 4.79 Å². The summed E-state index contributed by atoms with van der Waals surface area (Å²) in [5.41, 5.74) is 0.292. The van der Waals surface area contributed by atoms with Crippen molar-refractivity contribution in [3.05, 3.63) is 34.6 Å². The largest absolute Gasteiger partial charge is 0.336 e. The Hall–Kier alpha value is -2.24. The molecule has 24 heavy (non-hydrogen) atoms. The maximum Gasteiger partial charge on any atom is 0.278 e. The van der Waals surface area contributed by atoms with Crippen LogP contribution in [-0.2, 0) is 11.3 Å². The smallest absolute Gasteiger partial charge is 0.278 e. The van der Waals surface area contributed by atoms with E-state index in [0.717, 1.165) is 25.7 Å². The van der Waals surface area contributed by atoms with Gasteiger partial charge in [0.15, 0.2) is 0 Å². The molecule has 0 N–H and O–H groups in total. The van der Waals surface area contributed by atoms with E-state index in [1.54, 1.807) is 18.2 Å². The zero-order valence-corrected chi connectivity index (χ0v) is 14.3. The van der Waals surface area contributed by atoms with Crippen LogP contribution in [0.1, 0.15) is 46.0 Å². The minimum Gasteiger partial charge on any atom is -0.336 e. The van der Waals surface area contributed by atoms with E-state index in [1.165, 1.54) is 11.1 Å². The Kier molecular flexibility index (Phi) is 4.92. The average Bonchev–Trinajstić information content (AvgIpc) is 2.58. The lowest BCUT2D eigenvalue weighted by atomic mass is 9.93. The minimum absolute atomic E-state index is 0.0503. The van der Waals surface area contributed by atoms with Crippen molar-refractivity contribution >= 4 is 16.8 Å². The zero-order chi connectivity index (χ0) is 17.1. The van der Waals surface area contributed by atoms with Gasteiger partial charge in [-0.05, 0) is 38.8 Å². The molecule has 1 aliphatic carbocycles. The Labute approximate surface area is 141 Å². The van der Waals surface area contributed by atoms with Crippen LogP contribution in [0, 0.1) is 0 Å². The molecule has 0 bridgehead atoms. The number of carbonyl (C=O) groups is 1. The Morgan fingerprint density at radius 3 is 2.67 bits per heavy atom. The van der Waals surface area contributed by atoms with Gasteiger partial charge in [0.1, 0.15) is 12.1 Å². The molecular weight excluding hydrogens is 304 g/mol. The maximum atomic E-state index is 12.8. The first-order chi connectivity index (χ1) is 11.6. The number of rotatable bonds is 4. The van der Waals surface area contributed by atoms with Crippen LogP contribution in [0.25, 0.3) is 10.9 Å². The molecule has 1 fully saturated rings. The number of benzene rings is 1. The van der Waals surface area contributed by atoms with Crippen LogP contribution in [0.5, 0.6) is 0 Å². The number of amides is 1. The number of fused-ring (bicyclic) bond motifs is 1. The fourth-order valence-corrected chi connectivity index (χ4v) is 3.61. The normalized spacial score (nSPS) is 15.8. The third-order valence-corrected chi connectivity index (χ3v) is 4.73. The highest BCUT2D eigenvalue weighted by molar-refractivity contribution is 5.78. The van der Waals surface area contributed by atoms with E-state index in [2.05, 4.69) is 10.3 Å². The summed E-state index contributed by atoms with van der Waals surface area (Å²) in [6, 6.07) is 7.46. The summed E-state index contributed by atoms with van der Waals surface area (Å²) in [6.07, 6.45) is 5.66. The van der Waals surface area contributed by atoms with E-state index >= 15 is 0 Å². The van der Waals surface area contributed by atoms with Gasteiger partial charge in [0, 0.05) is 12.1 Å². The van der Waals surface area contributed by atoms with E-state index in [0.29, 0.717) is 10.9 Å². The van der Waals surface area contributed by atoms with Crippen molar-refractivity contribution in [2.24, 2.45) is 0 Å². The summed E-state index contributed by atoms with van der Waals surface area (Å²) in [6.45, 7) is 4.01. The Balaban J connectivity index is 1.84. The van der Waals surface area contributed by atoms with Gasteiger partial charge in [-0.25, -0.2) is 4.68 Å². The molecule has 0 atom stereocenters. The fourth-order valence-electron chi connectivity index (χ4n) is 3.61. The maximum absolute atomic E-state index is 12.8. The van der Waals surface area contributed by atoms with Crippen molar-refractivity contribution in [2.45, 2.75) is 64.6 Å². The van der Waals surface area contributed by atoms with E-state index in [4.69, 9.17) is 0 Å². The molecule has 1 aliphatic rings. The van der Waals surface area contributed by atoms with Gasteiger partial charge in [-0.3, -0.25) is 9.59 Å². The lowest BCUT2D eigenvalue weighted by molar-refractivity contribution is -0.137. The number of carbonyl (C=O) groups excluding carboxylic acids is 1. The van der Waals surface area contributed by atoms with Gasteiger partial charge in [-0.2, -0.15) is 0 Å². The van der Waals surface area contributed by atoms with Gasteiger partial charge in [-0.1, -0.05) is 36.6 Å². The quantitative estimate of drug-likeness (QED) is 0.864. The van der Waals surface area contributed by atoms with Crippen molar-refractivity contribution in [1.82, 2.24) is 19.9 Å². The summed E-state index contributed by atoms with van der Waals surface area (Å²) in [5, 5.41) is 8.49. The summed E-state index contributed by atoms with van der Waals surface area (Å²) in [4.78, 5) is 27.3. The van der Waals surface area contributed by atoms with Crippen molar-refractivity contribution in [1.29, 1.82) is 0 Å². The monoisotopic (exact) mass is 328 g/mol. The molecule has 1 saturated carbocycles. The molecule has 1 amide bonds. The third-order valence-electron chi connectivity index (χ3n) is 4.73. The molecule has 0 aliphatic heterocycles. The Morgan fingerprint density at radius 2 is 1.96 bits per heavy atom. The second-order valence-electron chi connectivity index (χ2n) is 6.76. The van der Waals surface area contributed by atoms with E-state index in [-0.39, 0.29) is 30.1 Å². The molecule has 0 saturated heterocycles. The van der Waals surface area contributed by atoms with Gasteiger partial charge >= 0.3 is 0 Å². The van der Waals surface area contributed by atoms with Crippen LogP contribution in [0.2, 0.25) is 0 Å². The van der Waals surface area contributed by atoms with E-state index in [9.17, 15) is 9.59 Å². The van der Waals surface area contributed by atoms with Crippen LogP contribution >= 0.6 is 0 Å². The Morgan fingerprint density at radius 1 is 1.25 bits per heavy atom. The van der Waals surface area contributed by atoms with Gasteiger partial charge < -0.3 is 4.90 Å². The second kappa shape index (κ2) is 7.11. The molecule has 128 valence electrons. The summed E-state index contributed by atoms with van der Waals surface area (Å²) in [7, 11) is 0. The molecule has 2 aromatic rings. The van der Waals surface area contributed by atoms with Gasteiger partial charge in [0.2, 0.25) is 5.91 Å². The van der Waals surface area contributed by atoms with Crippen LogP contribution in [-0.4, -0.2) is 37.9 Å². The highest BCUT2D eigenvalue weighted by Crippen LogP contribution is 2.24. The predicted molar refractivity (Wildman–Crippen MR) is 92.7 cm³/mol. The molecule has 1 aromatic heterocycles. The van der Waals surface area contributed by atoms with Crippen LogP contribution in [0.15, 0.2) is 29.1 Å². The molecule has 1 aromatic carbocycles. The van der Waals surface area contributed by atoms with E-state index < -0.39 is 0 Å². The summed E-state index contributed by atoms with van der Waals surface area (Å²) < 4.78 is 1.18. The first-order valence-corrected chi connectivity index (χ1v) is 8.71. The molecule has 6 nitrogen and oxygen atoms in total. The van der Waals surface area contributed by atoms with Crippen molar-refractivity contribution in [3.8, 4) is 0 Å². The van der Waals surface area contributed by atoms with E-state index in [1.807, 2.05) is 24.8 Å². The average molecular weight is 328 g/mol. The lowest BCUT2D eigenvalue weighted by Crippen LogP contribution is -2.48. The number of nitrogens with zero attached hydrogens (tertiary/aromatic N) is 4. The SMILES string of the molecule is CC(C)N(C(=O)Cn1nnc2ccccc2c1=O)C1CCCCC1. The molecule has 0 spiro atoms. The standard InChI is InChI=1S/C18H24N4O2/c1-13(2)22(14-8-4-3-5-9-14)17(23)12-21-18(24)15-10-6-7-11-16(15)19-20-21/h6-7,10-11,13-14H,3-5,8-9,12H2,1-2H3. The fraction of sp³-hybridized carbons (Fsp3) is 0.556. The van der Waals surface area contributed by atoms with Crippen LogP contribution in [0.3, 0.4) is 0 Å². The minimum atomic E-state index is -0.263. The third kappa shape index (κ3) is 3.32. The summed E-state index contributed by atoms with van der Waals surface area (Å²) in [5.74, 6) is -0.0522. The van der Waals surface area contributed by atoms with Crippen LogP contribution in [0.4, 0.5) is 0 Å². The molecule has 0 unspecified atom stereocenters. The predicted octanol–water partition coefficient (Wildman–Crippen LogP) is 2.36. The number of aromatic nitrogens is 3.